The van der Waals surface area contributed by atoms with Gasteiger partial charge in [0.05, 0.1) is 0 Å². The minimum atomic E-state index is -2.72. The zero-order valence-corrected chi connectivity index (χ0v) is 14.2. The van der Waals surface area contributed by atoms with Gasteiger partial charge in [-0.1, -0.05) is 42.3 Å². The molecule has 0 bridgehead atoms. The minimum Gasteiger partial charge on any atom is -0.386 e. The summed E-state index contributed by atoms with van der Waals surface area (Å²) in [5, 5.41) is -0.278. The number of nitrogens with one attached hydrogen (secondary N) is 1. The van der Waals surface area contributed by atoms with Crippen molar-refractivity contribution in [1.29, 1.82) is 0 Å². The summed E-state index contributed by atoms with van der Waals surface area (Å²) in [5.74, 6) is 0. The SMILES string of the molecule is CC1=CC(C)([Si](Cl)(Cl)Nc2ccccc2)C(C)=C1C. The van der Waals surface area contributed by atoms with Crippen LogP contribution < -0.4 is 4.98 Å². The Morgan fingerprint density at radius 3 is 2.11 bits per heavy atom. The van der Waals surface area contributed by atoms with Crippen molar-refractivity contribution in [1.82, 2.24) is 0 Å². The fourth-order valence-corrected chi connectivity index (χ4v) is 6.17. The quantitative estimate of drug-likeness (QED) is 0.568. The molecule has 1 aromatic rings. The van der Waals surface area contributed by atoms with Crippen molar-refractivity contribution in [2.75, 3.05) is 4.98 Å². The van der Waals surface area contributed by atoms with Crippen LogP contribution in [-0.4, -0.2) is 6.86 Å². The molecule has 2 rings (SSSR count). The summed E-state index contributed by atoms with van der Waals surface area (Å²) in [5.41, 5.74) is 4.82. The molecule has 0 saturated heterocycles. The van der Waals surface area contributed by atoms with E-state index in [4.69, 9.17) is 22.2 Å². The largest absolute Gasteiger partial charge is 0.386 e. The zero-order chi connectivity index (χ0) is 14.3. The second kappa shape index (κ2) is 5.00. The third-order valence-corrected chi connectivity index (χ3v) is 9.51. The van der Waals surface area contributed by atoms with Crippen LogP contribution in [0.2, 0.25) is 5.04 Å². The smallest absolute Gasteiger partial charge is 0.364 e. The van der Waals surface area contributed by atoms with Gasteiger partial charge in [-0.05, 0) is 38.5 Å². The van der Waals surface area contributed by atoms with Crippen LogP contribution in [0.15, 0.2) is 53.1 Å². The Morgan fingerprint density at radius 1 is 1.05 bits per heavy atom. The highest BCUT2D eigenvalue weighted by molar-refractivity contribution is 7.48. The van der Waals surface area contributed by atoms with Crippen molar-refractivity contribution >= 4 is 34.7 Å². The van der Waals surface area contributed by atoms with E-state index in [2.05, 4.69) is 38.8 Å². The molecule has 0 spiro atoms. The molecule has 1 nitrogen and oxygen atoms in total. The van der Waals surface area contributed by atoms with Gasteiger partial charge in [0.15, 0.2) is 0 Å². The van der Waals surface area contributed by atoms with Crippen LogP contribution in [0.1, 0.15) is 27.7 Å². The normalized spacial score (nSPS) is 23.6. The summed E-state index contributed by atoms with van der Waals surface area (Å²) < 4.78 is 0. The summed E-state index contributed by atoms with van der Waals surface area (Å²) in [4.78, 5) is 3.36. The Bertz CT molecular complexity index is 549. The molecule has 1 aromatic carbocycles. The third-order valence-electron chi connectivity index (χ3n) is 4.17. The maximum Gasteiger partial charge on any atom is 0.364 e. The molecule has 1 N–H and O–H groups in total. The number of hydrogen-bond donors (Lipinski definition) is 1. The highest BCUT2D eigenvalue weighted by Gasteiger charge is 2.52. The molecule has 0 amide bonds. The van der Waals surface area contributed by atoms with Gasteiger partial charge in [-0.25, -0.2) is 0 Å². The summed E-state index contributed by atoms with van der Waals surface area (Å²) in [7, 11) is 0. The molecule has 0 aromatic heterocycles. The van der Waals surface area contributed by atoms with Gasteiger partial charge in [0.2, 0.25) is 0 Å². The maximum absolute atomic E-state index is 6.76. The Morgan fingerprint density at radius 2 is 1.63 bits per heavy atom. The molecule has 1 aliphatic rings. The monoisotopic (exact) mass is 311 g/mol. The van der Waals surface area contributed by atoms with Crippen LogP contribution in [0, 0.1) is 0 Å². The molecule has 0 saturated carbocycles. The van der Waals surface area contributed by atoms with E-state index < -0.39 is 6.86 Å². The van der Waals surface area contributed by atoms with Gasteiger partial charge >= 0.3 is 6.86 Å². The number of para-hydroxylation sites is 1. The van der Waals surface area contributed by atoms with Crippen LogP contribution in [0.4, 0.5) is 5.69 Å². The van der Waals surface area contributed by atoms with E-state index in [-0.39, 0.29) is 5.04 Å². The van der Waals surface area contributed by atoms with Gasteiger partial charge in [0.25, 0.3) is 0 Å². The zero-order valence-electron chi connectivity index (χ0n) is 11.7. The van der Waals surface area contributed by atoms with Crippen LogP contribution in [-0.2, 0) is 0 Å². The molecule has 0 aliphatic heterocycles. The van der Waals surface area contributed by atoms with Gasteiger partial charge in [-0.2, -0.15) is 0 Å². The minimum absolute atomic E-state index is 0.278. The van der Waals surface area contributed by atoms with Gasteiger partial charge in [-0.3, -0.25) is 0 Å². The van der Waals surface area contributed by atoms with Crippen molar-refractivity contribution in [3.8, 4) is 0 Å². The highest BCUT2D eigenvalue weighted by atomic mass is 35.7. The molecule has 0 radical (unpaired) electrons. The second-order valence-corrected chi connectivity index (χ2v) is 11.8. The topological polar surface area (TPSA) is 12.0 Å². The summed E-state index contributed by atoms with van der Waals surface area (Å²) in [6.07, 6.45) is 2.21. The van der Waals surface area contributed by atoms with Crippen molar-refractivity contribution < 1.29 is 0 Å². The fourth-order valence-electron chi connectivity index (χ4n) is 2.49. The average Bonchev–Trinajstić information content (AvgIpc) is 2.55. The second-order valence-electron chi connectivity index (χ2n) is 5.35. The van der Waals surface area contributed by atoms with Gasteiger partial charge < -0.3 is 4.98 Å². The molecule has 4 heteroatoms. The number of benzene rings is 1. The first-order chi connectivity index (χ1) is 8.78. The first-order valence-corrected chi connectivity index (χ1v) is 10.4. The van der Waals surface area contributed by atoms with Gasteiger partial charge in [-0.15, -0.1) is 22.2 Å². The van der Waals surface area contributed by atoms with Crippen LogP contribution in [0.25, 0.3) is 0 Å². The Balaban J connectivity index is 2.36. The predicted molar refractivity (Wildman–Crippen MR) is 88.0 cm³/mol. The third kappa shape index (κ3) is 2.49. The molecular weight excluding hydrogens is 293 g/mol. The number of hydrogen-bond acceptors (Lipinski definition) is 1. The average molecular weight is 312 g/mol. The Labute approximate surface area is 125 Å². The summed E-state index contributed by atoms with van der Waals surface area (Å²) in [6.45, 7) is 5.78. The van der Waals surface area contributed by atoms with E-state index in [1.807, 2.05) is 30.3 Å². The molecule has 102 valence electrons. The molecule has 1 aliphatic carbocycles. The van der Waals surface area contributed by atoms with E-state index >= 15 is 0 Å². The maximum atomic E-state index is 6.76. The lowest BCUT2D eigenvalue weighted by Gasteiger charge is -2.36. The first kappa shape index (κ1) is 14.7. The van der Waals surface area contributed by atoms with Crippen LogP contribution in [0.3, 0.4) is 0 Å². The van der Waals surface area contributed by atoms with Gasteiger partial charge in [0, 0.05) is 10.7 Å². The predicted octanol–water partition coefficient (Wildman–Crippen LogP) is 5.57. The summed E-state index contributed by atoms with van der Waals surface area (Å²) >= 11 is 13.5. The number of allylic oxidation sites excluding steroid dienone is 4. The van der Waals surface area contributed by atoms with E-state index in [0.29, 0.717) is 0 Å². The van der Waals surface area contributed by atoms with Crippen molar-refractivity contribution in [3.63, 3.8) is 0 Å². The van der Waals surface area contributed by atoms with E-state index in [0.717, 1.165) is 5.69 Å². The number of halogens is 2. The van der Waals surface area contributed by atoms with Crippen molar-refractivity contribution in [2.45, 2.75) is 32.7 Å². The van der Waals surface area contributed by atoms with Crippen molar-refractivity contribution in [2.24, 2.45) is 0 Å². The van der Waals surface area contributed by atoms with E-state index in [9.17, 15) is 0 Å². The highest BCUT2D eigenvalue weighted by Crippen LogP contribution is 2.55. The molecule has 0 heterocycles. The summed E-state index contributed by atoms with van der Waals surface area (Å²) in [6, 6.07) is 9.92. The van der Waals surface area contributed by atoms with Crippen molar-refractivity contribution in [3.05, 3.63) is 53.1 Å². The lowest BCUT2D eigenvalue weighted by atomic mass is 10.0. The molecule has 1 atom stereocenters. The van der Waals surface area contributed by atoms with E-state index in [1.54, 1.807) is 0 Å². The molecule has 0 fully saturated rings. The fraction of sp³-hybridized carbons (Fsp3) is 0.333. The Hall–Kier alpha value is -0.703. The first-order valence-electron chi connectivity index (χ1n) is 6.37. The lowest BCUT2D eigenvalue weighted by Crippen LogP contribution is -2.43. The standard InChI is InChI=1S/C15H19Cl2NSi/c1-11-10-15(4,13(3)12(11)2)19(16,17)18-14-8-6-5-7-9-14/h5-10,18H,1-4H3. The number of rotatable bonds is 3. The molecule has 19 heavy (non-hydrogen) atoms. The van der Waals surface area contributed by atoms with E-state index in [1.165, 1.54) is 16.7 Å². The lowest BCUT2D eigenvalue weighted by molar-refractivity contribution is 0.877. The van der Waals surface area contributed by atoms with Crippen LogP contribution >= 0.6 is 22.2 Å². The van der Waals surface area contributed by atoms with Gasteiger partial charge in [0.1, 0.15) is 0 Å². The molecule has 1 unspecified atom stereocenters. The number of anilines is 1. The van der Waals surface area contributed by atoms with Crippen LogP contribution in [0.5, 0.6) is 0 Å². The Kier molecular flexibility index (Phi) is 3.87. The molecular formula is C15H19Cl2NSi.